The summed E-state index contributed by atoms with van der Waals surface area (Å²) >= 11 is 0. The fraction of sp³-hybridized carbons (Fsp3) is 0.571. The molecule has 0 saturated carbocycles. The average molecular weight is 468 g/mol. The van der Waals surface area contributed by atoms with Crippen LogP contribution >= 0.6 is 0 Å². The van der Waals surface area contributed by atoms with E-state index in [1.54, 1.807) is 6.07 Å². The Morgan fingerprint density at radius 3 is 2.61 bits per heavy atom. The van der Waals surface area contributed by atoms with Crippen LogP contribution in [0.5, 0.6) is 0 Å². The molecule has 9 nitrogen and oxygen atoms in total. The van der Waals surface area contributed by atoms with Crippen molar-refractivity contribution in [3.05, 3.63) is 29.1 Å². The topological polar surface area (TPSA) is 109 Å². The molecule has 1 aromatic rings. The maximum absolute atomic E-state index is 13.0. The summed E-state index contributed by atoms with van der Waals surface area (Å²) in [5.41, 5.74) is 1.82. The van der Waals surface area contributed by atoms with Crippen molar-refractivity contribution in [2.45, 2.75) is 57.3 Å². The van der Waals surface area contributed by atoms with Crippen molar-refractivity contribution >= 4 is 23.7 Å². The first-order valence-corrected chi connectivity index (χ1v) is 10.8. The maximum Gasteiger partial charge on any atom is 0.493 e. The summed E-state index contributed by atoms with van der Waals surface area (Å²) < 4.78 is 37.7. The van der Waals surface area contributed by atoms with Gasteiger partial charge in [-0.05, 0) is 57.2 Å². The predicted octanol–water partition coefficient (Wildman–Crippen LogP) is 1.51. The molecule has 1 aromatic heterocycles. The van der Waals surface area contributed by atoms with Gasteiger partial charge in [0.2, 0.25) is 0 Å². The molecular formula is C21H23F3N4O5. The van der Waals surface area contributed by atoms with Gasteiger partial charge in [0.15, 0.2) is 0 Å². The molecule has 3 aliphatic heterocycles. The lowest BCUT2D eigenvalue weighted by molar-refractivity contribution is -0.238. The maximum atomic E-state index is 13.0. The molecule has 178 valence electrons. The highest BCUT2D eigenvalue weighted by atomic mass is 19.4. The number of nitrogens with zero attached hydrogens (tertiary/aromatic N) is 3. The van der Waals surface area contributed by atoms with Crippen molar-refractivity contribution in [3.63, 3.8) is 0 Å². The SMILES string of the molecule is O=C1CCC(N2Cc3c(ccnc3CCC3CCNCC3)C2=O)C(=O)N1OC(=O)C(F)(F)F. The number of carbonyl (C=O) groups is 4. The van der Waals surface area contributed by atoms with Crippen LogP contribution in [0.1, 0.15) is 53.7 Å². The highest BCUT2D eigenvalue weighted by Crippen LogP contribution is 2.32. The van der Waals surface area contributed by atoms with Gasteiger partial charge in [0, 0.05) is 36.0 Å². The number of fused-ring (bicyclic) bond motifs is 1. The summed E-state index contributed by atoms with van der Waals surface area (Å²) in [6.45, 7) is 1.99. The average Bonchev–Trinajstić information content (AvgIpc) is 3.12. The van der Waals surface area contributed by atoms with Gasteiger partial charge in [-0.2, -0.15) is 13.2 Å². The first-order valence-electron chi connectivity index (χ1n) is 10.8. The Hall–Kier alpha value is -3.02. The summed E-state index contributed by atoms with van der Waals surface area (Å²) in [5.74, 6) is -4.83. The van der Waals surface area contributed by atoms with E-state index < -0.39 is 35.9 Å². The van der Waals surface area contributed by atoms with Crippen LogP contribution in [0.4, 0.5) is 13.2 Å². The van der Waals surface area contributed by atoms with Crippen molar-refractivity contribution in [2.24, 2.45) is 5.92 Å². The van der Waals surface area contributed by atoms with Crippen LogP contribution in [0, 0.1) is 5.92 Å². The number of pyridine rings is 1. The molecule has 1 atom stereocenters. The van der Waals surface area contributed by atoms with E-state index in [1.807, 2.05) is 0 Å². The van der Waals surface area contributed by atoms with E-state index >= 15 is 0 Å². The second-order valence-corrected chi connectivity index (χ2v) is 8.41. The third kappa shape index (κ3) is 4.70. The standard InChI is InChI=1S/C21H23F3N4O5/c22-21(23,24)20(32)33-28-17(29)4-3-16(19(28)31)27-11-14-13(18(27)30)7-10-26-15(14)2-1-12-5-8-25-9-6-12/h7,10,12,16,25H,1-6,8-9,11H2. The molecule has 1 N–H and O–H groups in total. The zero-order valence-corrected chi connectivity index (χ0v) is 17.7. The smallest absolute Gasteiger partial charge is 0.322 e. The van der Waals surface area contributed by atoms with Crippen LogP contribution in [0.25, 0.3) is 0 Å². The zero-order valence-electron chi connectivity index (χ0n) is 17.7. The summed E-state index contributed by atoms with van der Waals surface area (Å²) in [6, 6.07) is 0.326. The van der Waals surface area contributed by atoms with Crippen LogP contribution in [0.15, 0.2) is 12.3 Å². The number of rotatable bonds is 5. The molecule has 1 unspecified atom stereocenters. The number of nitrogens with one attached hydrogen (secondary N) is 1. The van der Waals surface area contributed by atoms with E-state index in [2.05, 4.69) is 15.1 Å². The molecule has 2 saturated heterocycles. The Morgan fingerprint density at radius 1 is 1.18 bits per heavy atom. The number of piperidine rings is 2. The molecule has 0 spiro atoms. The molecule has 0 aliphatic carbocycles. The minimum absolute atomic E-state index is 0.0508. The minimum Gasteiger partial charge on any atom is -0.322 e. The molecule has 12 heteroatoms. The van der Waals surface area contributed by atoms with E-state index in [4.69, 9.17) is 0 Å². The van der Waals surface area contributed by atoms with Gasteiger partial charge in [-0.1, -0.05) is 0 Å². The molecule has 4 rings (SSSR count). The summed E-state index contributed by atoms with van der Waals surface area (Å²) in [6.07, 6.45) is -0.547. The molecule has 4 heterocycles. The number of hydroxylamine groups is 2. The molecule has 3 aliphatic rings. The number of hydrogen-bond donors (Lipinski definition) is 1. The lowest BCUT2D eigenvalue weighted by Crippen LogP contribution is -2.55. The van der Waals surface area contributed by atoms with Gasteiger partial charge in [-0.3, -0.25) is 19.4 Å². The van der Waals surface area contributed by atoms with Gasteiger partial charge >= 0.3 is 12.1 Å². The van der Waals surface area contributed by atoms with E-state index in [9.17, 15) is 32.3 Å². The van der Waals surface area contributed by atoms with Crippen LogP contribution in [0.3, 0.4) is 0 Å². The molecule has 0 radical (unpaired) electrons. The number of halogens is 3. The fourth-order valence-electron chi connectivity index (χ4n) is 4.55. The first-order chi connectivity index (χ1) is 15.7. The third-order valence-electron chi connectivity index (χ3n) is 6.34. The fourth-order valence-corrected chi connectivity index (χ4v) is 4.55. The van der Waals surface area contributed by atoms with Crippen molar-refractivity contribution < 1.29 is 37.2 Å². The molecule has 0 aromatic carbocycles. The lowest BCUT2D eigenvalue weighted by atomic mass is 9.91. The van der Waals surface area contributed by atoms with Gasteiger partial charge in [0.1, 0.15) is 6.04 Å². The number of amides is 3. The normalized spacial score (nSPS) is 22.0. The second kappa shape index (κ2) is 9.08. The first kappa shape index (κ1) is 23.1. The highest BCUT2D eigenvalue weighted by Gasteiger charge is 2.49. The summed E-state index contributed by atoms with van der Waals surface area (Å²) in [4.78, 5) is 58.5. The van der Waals surface area contributed by atoms with Crippen LogP contribution in [-0.2, 0) is 32.2 Å². The molecule has 0 bridgehead atoms. The Bertz CT molecular complexity index is 977. The van der Waals surface area contributed by atoms with Crippen molar-refractivity contribution in [1.29, 1.82) is 0 Å². The van der Waals surface area contributed by atoms with Crippen LogP contribution in [0.2, 0.25) is 0 Å². The third-order valence-corrected chi connectivity index (χ3v) is 6.34. The molecule has 2 fully saturated rings. The van der Waals surface area contributed by atoms with Crippen LogP contribution < -0.4 is 5.32 Å². The molecule has 33 heavy (non-hydrogen) atoms. The Balaban J connectivity index is 1.48. The Morgan fingerprint density at radius 2 is 1.91 bits per heavy atom. The van der Waals surface area contributed by atoms with E-state index in [0.717, 1.165) is 38.0 Å². The number of imide groups is 1. The van der Waals surface area contributed by atoms with Gasteiger partial charge < -0.3 is 15.1 Å². The summed E-state index contributed by atoms with van der Waals surface area (Å²) in [7, 11) is 0. The molecular weight excluding hydrogens is 445 g/mol. The number of hydrogen-bond acceptors (Lipinski definition) is 7. The van der Waals surface area contributed by atoms with E-state index in [0.29, 0.717) is 23.5 Å². The Kier molecular flexibility index (Phi) is 6.37. The lowest BCUT2D eigenvalue weighted by Gasteiger charge is -2.33. The van der Waals surface area contributed by atoms with Crippen molar-refractivity contribution in [1.82, 2.24) is 20.3 Å². The number of aromatic nitrogens is 1. The minimum atomic E-state index is -5.37. The second-order valence-electron chi connectivity index (χ2n) is 8.41. The quantitative estimate of drug-likeness (QED) is 0.653. The summed E-state index contributed by atoms with van der Waals surface area (Å²) in [5, 5.41) is 3.14. The monoisotopic (exact) mass is 468 g/mol. The van der Waals surface area contributed by atoms with Crippen LogP contribution in [-0.4, -0.2) is 63.9 Å². The number of aryl methyl sites for hydroxylation is 1. The number of alkyl halides is 3. The number of carbonyl (C=O) groups excluding carboxylic acids is 4. The largest absolute Gasteiger partial charge is 0.493 e. The van der Waals surface area contributed by atoms with Gasteiger partial charge in [-0.15, -0.1) is 5.06 Å². The van der Waals surface area contributed by atoms with E-state index in [1.165, 1.54) is 11.1 Å². The van der Waals surface area contributed by atoms with Crippen molar-refractivity contribution in [2.75, 3.05) is 13.1 Å². The van der Waals surface area contributed by atoms with Gasteiger partial charge in [-0.25, -0.2) is 4.79 Å². The highest BCUT2D eigenvalue weighted by molar-refractivity contribution is 6.05. The van der Waals surface area contributed by atoms with Gasteiger partial charge in [0.25, 0.3) is 17.7 Å². The van der Waals surface area contributed by atoms with Crippen molar-refractivity contribution in [3.8, 4) is 0 Å². The van der Waals surface area contributed by atoms with E-state index in [-0.39, 0.29) is 24.4 Å². The Labute approximate surface area is 187 Å². The van der Waals surface area contributed by atoms with Gasteiger partial charge in [0.05, 0.1) is 0 Å². The molecule has 3 amide bonds. The predicted molar refractivity (Wildman–Crippen MR) is 105 cm³/mol. The zero-order chi connectivity index (χ0) is 23.8.